The van der Waals surface area contributed by atoms with Crippen molar-refractivity contribution in [2.45, 2.75) is 45.0 Å². The smallest absolute Gasteiger partial charge is 0.326 e. The molecule has 0 saturated heterocycles. The standard InChI is InChI=1S/C27H28N2O6S2/c1-6-22(26(31)35-27(2,3)4)37(32,33)29(17-11-13-18(34-5)14-12-17)25(30)23-19-9-7-8-10-21(19)28-24-20(23)15-16-36-24/h7-16,22H,6H2,1-5H3. The minimum atomic E-state index is -4.57. The molecule has 0 N–H and O–H groups in total. The Hall–Kier alpha value is -3.50. The topological polar surface area (TPSA) is 103 Å². The lowest BCUT2D eigenvalue weighted by molar-refractivity contribution is -0.154. The Kier molecular flexibility index (Phi) is 7.25. The van der Waals surface area contributed by atoms with Gasteiger partial charge in [-0.15, -0.1) is 11.3 Å². The number of aromatic nitrogens is 1. The van der Waals surface area contributed by atoms with Gasteiger partial charge in [0, 0.05) is 10.8 Å². The number of nitrogens with zero attached hydrogens (tertiary/aromatic N) is 2. The van der Waals surface area contributed by atoms with Crippen LogP contribution in [0.25, 0.3) is 21.1 Å². The van der Waals surface area contributed by atoms with Gasteiger partial charge >= 0.3 is 5.97 Å². The number of carbonyl (C=O) groups excluding carboxylic acids is 2. The van der Waals surface area contributed by atoms with Gasteiger partial charge in [0.15, 0.2) is 5.25 Å². The summed E-state index contributed by atoms with van der Waals surface area (Å²) in [5, 5.41) is 1.25. The fourth-order valence-electron chi connectivity index (χ4n) is 4.04. The van der Waals surface area contributed by atoms with Crippen LogP contribution in [-0.4, -0.2) is 43.2 Å². The molecule has 4 aromatic rings. The van der Waals surface area contributed by atoms with Crippen LogP contribution in [0.15, 0.2) is 60.0 Å². The normalized spacial score (nSPS) is 12.9. The predicted octanol–water partition coefficient (Wildman–Crippen LogP) is 5.56. The van der Waals surface area contributed by atoms with Gasteiger partial charge in [0.05, 0.1) is 23.9 Å². The minimum Gasteiger partial charge on any atom is -0.497 e. The summed E-state index contributed by atoms with van der Waals surface area (Å²) >= 11 is 1.35. The van der Waals surface area contributed by atoms with Crippen molar-refractivity contribution >= 4 is 60.0 Å². The summed E-state index contributed by atoms with van der Waals surface area (Å²) in [5.74, 6) is -1.21. The number of methoxy groups -OCH3 is 1. The van der Waals surface area contributed by atoms with E-state index in [1.54, 1.807) is 75.5 Å². The third kappa shape index (κ3) is 5.17. The zero-order chi connectivity index (χ0) is 27.0. The molecule has 4 rings (SSSR count). The zero-order valence-corrected chi connectivity index (χ0v) is 22.9. The van der Waals surface area contributed by atoms with E-state index in [1.165, 1.54) is 30.6 Å². The molecule has 8 nitrogen and oxygen atoms in total. The second-order valence-electron chi connectivity index (χ2n) is 9.39. The van der Waals surface area contributed by atoms with Crippen molar-refractivity contribution in [3.05, 3.63) is 65.5 Å². The van der Waals surface area contributed by atoms with Gasteiger partial charge < -0.3 is 9.47 Å². The van der Waals surface area contributed by atoms with Gasteiger partial charge in [0.25, 0.3) is 15.9 Å². The van der Waals surface area contributed by atoms with Crippen molar-refractivity contribution in [1.29, 1.82) is 0 Å². The first-order valence-corrected chi connectivity index (χ1v) is 14.1. The van der Waals surface area contributed by atoms with Crippen LogP contribution in [0.1, 0.15) is 44.5 Å². The lowest BCUT2D eigenvalue weighted by atomic mass is 10.0. The summed E-state index contributed by atoms with van der Waals surface area (Å²) < 4.78 is 39.6. The van der Waals surface area contributed by atoms with Crippen molar-refractivity contribution in [2.24, 2.45) is 0 Å². The first kappa shape index (κ1) is 26.6. The highest BCUT2D eigenvalue weighted by molar-refractivity contribution is 7.94. The van der Waals surface area contributed by atoms with Crippen LogP contribution in [0, 0.1) is 0 Å². The molecular formula is C27H28N2O6S2. The maximum Gasteiger partial charge on any atom is 0.326 e. The molecule has 194 valence electrons. The molecular weight excluding hydrogens is 512 g/mol. The summed E-state index contributed by atoms with van der Waals surface area (Å²) in [7, 11) is -3.09. The van der Waals surface area contributed by atoms with Crippen LogP contribution in [0.4, 0.5) is 5.69 Å². The number of carbonyl (C=O) groups is 2. The number of hydrogen-bond donors (Lipinski definition) is 0. The van der Waals surface area contributed by atoms with E-state index in [2.05, 4.69) is 4.98 Å². The van der Waals surface area contributed by atoms with E-state index in [4.69, 9.17) is 9.47 Å². The van der Waals surface area contributed by atoms with E-state index in [0.717, 1.165) is 0 Å². The van der Waals surface area contributed by atoms with Gasteiger partial charge in [-0.1, -0.05) is 25.1 Å². The fourth-order valence-corrected chi connectivity index (χ4v) is 6.52. The van der Waals surface area contributed by atoms with Crippen LogP contribution in [0.2, 0.25) is 0 Å². The number of amides is 1. The average molecular weight is 541 g/mol. The van der Waals surface area contributed by atoms with E-state index >= 15 is 0 Å². The molecule has 0 saturated carbocycles. The number of fused-ring (bicyclic) bond motifs is 2. The molecule has 0 fully saturated rings. The molecule has 2 heterocycles. The highest BCUT2D eigenvalue weighted by atomic mass is 32.2. The number of para-hydroxylation sites is 1. The number of ether oxygens (including phenoxy) is 2. The highest BCUT2D eigenvalue weighted by Gasteiger charge is 2.43. The molecule has 0 bridgehead atoms. The third-order valence-corrected chi connectivity index (χ3v) is 8.61. The Morgan fingerprint density at radius 1 is 1.03 bits per heavy atom. The highest BCUT2D eigenvalue weighted by Crippen LogP contribution is 2.34. The largest absolute Gasteiger partial charge is 0.497 e. The maximum absolute atomic E-state index is 14.3. The second-order valence-corrected chi connectivity index (χ2v) is 12.2. The van der Waals surface area contributed by atoms with Crippen LogP contribution < -0.4 is 9.04 Å². The maximum atomic E-state index is 14.3. The van der Waals surface area contributed by atoms with Gasteiger partial charge in [0.1, 0.15) is 16.2 Å². The Balaban J connectivity index is 1.95. The summed E-state index contributed by atoms with van der Waals surface area (Å²) in [4.78, 5) is 32.6. The SMILES string of the molecule is CCC(C(=O)OC(C)(C)C)S(=O)(=O)N(C(=O)c1c2ccccc2nc2sccc12)c1ccc(OC)cc1. The van der Waals surface area contributed by atoms with Crippen LogP contribution in [0.3, 0.4) is 0 Å². The van der Waals surface area contributed by atoms with Gasteiger partial charge in [-0.25, -0.2) is 17.7 Å². The number of anilines is 1. The molecule has 10 heteroatoms. The van der Waals surface area contributed by atoms with Crippen molar-refractivity contribution in [2.75, 3.05) is 11.4 Å². The average Bonchev–Trinajstić information content (AvgIpc) is 3.29. The van der Waals surface area contributed by atoms with Crippen LogP contribution in [0.5, 0.6) is 5.75 Å². The summed E-state index contributed by atoms with van der Waals surface area (Å²) in [5.41, 5.74) is -0.0662. The zero-order valence-electron chi connectivity index (χ0n) is 21.2. The van der Waals surface area contributed by atoms with E-state index in [9.17, 15) is 18.0 Å². The molecule has 0 aliphatic carbocycles. The quantitative estimate of drug-likeness (QED) is 0.283. The molecule has 0 radical (unpaired) electrons. The van der Waals surface area contributed by atoms with Crippen molar-refractivity contribution in [3.8, 4) is 5.75 Å². The summed E-state index contributed by atoms with van der Waals surface area (Å²) in [6.45, 7) is 6.55. The lowest BCUT2D eigenvalue weighted by Crippen LogP contribution is -2.47. The van der Waals surface area contributed by atoms with Crippen molar-refractivity contribution < 1.29 is 27.5 Å². The molecule has 2 aromatic heterocycles. The van der Waals surface area contributed by atoms with Gasteiger partial charge in [-0.05, 0) is 69.0 Å². The Labute approximate surface area is 219 Å². The predicted molar refractivity (Wildman–Crippen MR) is 146 cm³/mol. The van der Waals surface area contributed by atoms with Gasteiger partial charge in [-0.2, -0.15) is 0 Å². The molecule has 1 atom stereocenters. The summed E-state index contributed by atoms with van der Waals surface area (Å²) in [6, 6.07) is 14.9. The van der Waals surface area contributed by atoms with E-state index < -0.39 is 32.8 Å². The molecule has 0 aliphatic heterocycles. The number of sulfonamides is 1. The molecule has 0 spiro atoms. The number of hydrogen-bond acceptors (Lipinski definition) is 8. The third-order valence-electron chi connectivity index (χ3n) is 5.67. The molecule has 37 heavy (non-hydrogen) atoms. The Bertz CT molecular complexity index is 1570. The first-order valence-electron chi connectivity index (χ1n) is 11.7. The fraction of sp³-hybridized carbons (Fsp3) is 0.296. The van der Waals surface area contributed by atoms with Gasteiger partial charge in [0.2, 0.25) is 0 Å². The van der Waals surface area contributed by atoms with Crippen molar-refractivity contribution in [3.63, 3.8) is 0 Å². The van der Waals surface area contributed by atoms with E-state index in [1.807, 2.05) is 0 Å². The molecule has 1 unspecified atom stereocenters. The molecule has 0 aliphatic rings. The van der Waals surface area contributed by atoms with E-state index in [0.29, 0.717) is 31.2 Å². The second kappa shape index (κ2) is 10.1. The lowest BCUT2D eigenvalue weighted by Gasteiger charge is -2.29. The van der Waals surface area contributed by atoms with Crippen LogP contribution >= 0.6 is 11.3 Å². The number of thiophene rings is 1. The number of rotatable bonds is 7. The Morgan fingerprint density at radius 2 is 1.70 bits per heavy atom. The number of benzene rings is 2. The molecule has 1 amide bonds. The number of esters is 1. The molecule has 2 aromatic carbocycles. The van der Waals surface area contributed by atoms with Gasteiger partial charge in [-0.3, -0.25) is 9.59 Å². The van der Waals surface area contributed by atoms with Crippen LogP contribution in [-0.2, 0) is 19.6 Å². The monoisotopic (exact) mass is 540 g/mol. The van der Waals surface area contributed by atoms with Crippen molar-refractivity contribution in [1.82, 2.24) is 4.98 Å². The van der Waals surface area contributed by atoms with E-state index in [-0.39, 0.29) is 17.7 Å². The summed E-state index contributed by atoms with van der Waals surface area (Å²) in [6.07, 6.45) is -0.0812. The minimum absolute atomic E-state index is 0.0806. The first-order chi connectivity index (χ1) is 17.5. The number of pyridine rings is 1. The Morgan fingerprint density at radius 3 is 2.32 bits per heavy atom.